The van der Waals surface area contributed by atoms with Crippen LogP contribution in [0.4, 0.5) is 0 Å². The molecule has 19 heavy (non-hydrogen) atoms. The molecule has 1 N–H and O–H groups in total. The molecule has 3 nitrogen and oxygen atoms in total. The van der Waals surface area contributed by atoms with Crippen molar-refractivity contribution in [2.24, 2.45) is 0 Å². The summed E-state index contributed by atoms with van der Waals surface area (Å²) in [7, 11) is 0. The molecule has 1 unspecified atom stereocenters. The second kappa shape index (κ2) is 6.40. The molecule has 0 saturated heterocycles. The van der Waals surface area contributed by atoms with E-state index in [0.29, 0.717) is 6.04 Å². The number of aromatic nitrogens is 1. The van der Waals surface area contributed by atoms with Gasteiger partial charge in [-0.1, -0.05) is 19.4 Å². The van der Waals surface area contributed by atoms with Gasteiger partial charge in [-0.2, -0.15) is 5.26 Å². The molecule has 0 aliphatic heterocycles. The van der Waals surface area contributed by atoms with E-state index in [1.165, 1.54) is 18.2 Å². The van der Waals surface area contributed by atoms with Crippen LogP contribution in [0.2, 0.25) is 0 Å². The van der Waals surface area contributed by atoms with Crippen molar-refractivity contribution in [2.45, 2.75) is 39.3 Å². The van der Waals surface area contributed by atoms with Gasteiger partial charge in [-0.3, -0.25) is 0 Å². The van der Waals surface area contributed by atoms with Crippen molar-refractivity contribution in [3.05, 3.63) is 36.0 Å². The van der Waals surface area contributed by atoms with E-state index in [1.807, 2.05) is 18.2 Å². The van der Waals surface area contributed by atoms with E-state index >= 15 is 0 Å². The summed E-state index contributed by atoms with van der Waals surface area (Å²) in [6.07, 6.45) is 4.52. The van der Waals surface area contributed by atoms with Gasteiger partial charge in [0.15, 0.2) is 0 Å². The number of hydrogen-bond donors (Lipinski definition) is 1. The maximum atomic E-state index is 8.96. The number of hydrogen-bond acceptors (Lipinski definition) is 2. The number of rotatable bonds is 6. The average Bonchev–Trinajstić information content (AvgIpc) is 2.81. The van der Waals surface area contributed by atoms with Gasteiger partial charge in [-0.15, -0.1) is 0 Å². The first-order valence-corrected chi connectivity index (χ1v) is 6.97. The van der Waals surface area contributed by atoms with Crippen LogP contribution in [-0.4, -0.2) is 17.2 Å². The van der Waals surface area contributed by atoms with E-state index in [4.69, 9.17) is 5.26 Å². The van der Waals surface area contributed by atoms with E-state index in [0.717, 1.165) is 24.2 Å². The first-order chi connectivity index (χ1) is 9.24. The molecule has 100 valence electrons. The normalized spacial score (nSPS) is 12.5. The summed E-state index contributed by atoms with van der Waals surface area (Å²) >= 11 is 0. The summed E-state index contributed by atoms with van der Waals surface area (Å²) in [5, 5.41) is 13.7. The molecule has 1 heterocycles. The Balaban J connectivity index is 2.03. The second-order valence-corrected chi connectivity index (χ2v) is 5.04. The van der Waals surface area contributed by atoms with E-state index in [2.05, 4.69) is 42.1 Å². The predicted molar refractivity (Wildman–Crippen MR) is 79.0 cm³/mol. The fraction of sp³-hybridized carbons (Fsp3) is 0.438. The first-order valence-electron chi connectivity index (χ1n) is 6.97. The largest absolute Gasteiger partial charge is 0.346 e. The Morgan fingerprint density at radius 2 is 2.21 bits per heavy atom. The molecule has 0 spiro atoms. The minimum absolute atomic E-state index is 0.571. The molecule has 3 heteroatoms. The van der Waals surface area contributed by atoms with Crippen LogP contribution < -0.4 is 5.32 Å². The van der Waals surface area contributed by atoms with Gasteiger partial charge in [0.25, 0.3) is 0 Å². The highest BCUT2D eigenvalue weighted by atomic mass is 15.0. The van der Waals surface area contributed by atoms with Gasteiger partial charge in [-0.25, -0.2) is 0 Å². The van der Waals surface area contributed by atoms with Crippen molar-refractivity contribution >= 4 is 10.9 Å². The van der Waals surface area contributed by atoms with E-state index < -0.39 is 0 Å². The number of nitrogens with one attached hydrogen (secondary N) is 1. The molecule has 1 aromatic carbocycles. The minimum atomic E-state index is 0.571. The predicted octanol–water partition coefficient (Wildman–Crippen LogP) is 3.29. The van der Waals surface area contributed by atoms with Gasteiger partial charge in [0, 0.05) is 30.8 Å². The van der Waals surface area contributed by atoms with Crippen LogP contribution in [0.3, 0.4) is 0 Å². The maximum Gasteiger partial charge on any atom is 0.0992 e. The quantitative estimate of drug-likeness (QED) is 0.860. The van der Waals surface area contributed by atoms with Crippen LogP contribution in [0.15, 0.2) is 30.5 Å². The van der Waals surface area contributed by atoms with Crippen molar-refractivity contribution in [1.82, 2.24) is 9.88 Å². The molecule has 0 aliphatic carbocycles. The number of nitrogens with zero attached hydrogens (tertiary/aromatic N) is 2. The van der Waals surface area contributed by atoms with Crippen molar-refractivity contribution < 1.29 is 0 Å². The zero-order valence-corrected chi connectivity index (χ0v) is 11.7. The number of nitriles is 1. The molecule has 0 aliphatic rings. The molecule has 0 radical (unpaired) electrons. The highest BCUT2D eigenvalue weighted by Gasteiger charge is 2.03. The van der Waals surface area contributed by atoms with Crippen LogP contribution in [0.25, 0.3) is 10.9 Å². The fourth-order valence-electron chi connectivity index (χ4n) is 2.41. The lowest BCUT2D eigenvalue weighted by Gasteiger charge is -2.13. The zero-order valence-electron chi connectivity index (χ0n) is 11.7. The van der Waals surface area contributed by atoms with Crippen molar-refractivity contribution in [1.29, 1.82) is 5.26 Å². The lowest BCUT2D eigenvalue weighted by atomic mass is 10.2. The molecule has 1 aromatic heterocycles. The highest BCUT2D eigenvalue weighted by Crippen LogP contribution is 2.17. The summed E-state index contributed by atoms with van der Waals surface area (Å²) in [5.74, 6) is 0. The maximum absolute atomic E-state index is 8.96. The molecule has 2 aromatic rings. The third kappa shape index (κ3) is 3.36. The van der Waals surface area contributed by atoms with Gasteiger partial charge in [0.2, 0.25) is 0 Å². The average molecular weight is 255 g/mol. The van der Waals surface area contributed by atoms with Crippen LogP contribution in [0.5, 0.6) is 0 Å². The second-order valence-electron chi connectivity index (χ2n) is 5.04. The Morgan fingerprint density at radius 1 is 1.37 bits per heavy atom. The lowest BCUT2D eigenvalue weighted by Crippen LogP contribution is -2.29. The van der Waals surface area contributed by atoms with Gasteiger partial charge in [0.1, 0.15) is 0 Å². The summed E-state index contributed by atoms with van der Waals surface area (Å²) in [4.78, 5) is 0. The SMILES string of the molecule is CCCC(C)NCCn1ccc2ccc(C#N)cc21. The Labute approximate surface area is 114 Å². The van der Waals surface area contributed by atoms with Gasteiger partial charge in [-0.05, 0) is 36.9 Å². The summed E-state index contributed by atoms with van der Waals surface area (Å²) < 4.78 is 2.21. The Kier molecular flexibility index (Phi) is 4.59. The Hall–Kier alpha value is -1.79. The van der Waals surface area contributed by atoms with Crippen LogP contribution >= 0.6 is 0 Å². The van der Waals surface area contributed by atoms with Gasteiger partial charge >= 0.3 is 0 Å². The Bertz CT molecular complexity index is 577. The van der Waals surface area contributed by atoms with E-state index in [-0.39, 0.29) is 0 Å². The zero-order chi connectivity index (χ0) is 13.7. The van der Waals surface area contributed by atoms with Gasteiger partial charge < -0.3 is 9.88 Å². The smallest absolute Gasteiger partial charge is 0.0992 e. The molecule has 2 rings (SSSR count). The van der Waals surface area contributed by atoms with Crippen LogP contribution in [-0.2, 0) is 6.54 Å². The van der Waals surface area contributed by atoms with E-state index in [1.54, 1.807) is 0 Å². The standard InChI is InChI=1S/C16H21N3/c1-3-4-13(2)18-8-10-19-9-7-15-6-5-14(12-17)11-16(15)19/h5-7,9,11,13,18H,3-4,8,10H2,1-2H3. The molecule has 1 atom stereocenters. The first kappa shape index (κ1) is 13.6. The highest BCUT2D eigenvalue weighted by molar-refractivity contribution is 5.81. The fourth-order valence-corrected chi connectivity index (χ4v) is 2.41. The molecule has 0 fully saturated rings. The van der Waals surface area contributed by atoms with Crippen molar-refractivity contribution in [2.75, 3.05) is 6.54 Å². The third-order valence-electron chi connectivity index (χ3n) is 3.47. The lowest BCUT2D eigenvalue weighted by molar-refractivity contribution is 0.489. The Morgan fingerprint density at radius 3 is 2.95 bits per heavy atom. The van der Waals surface area contributed by atoms with Crippen LogP contribution in [0, 0.1) is 11.3 Å². The minimum Gasteiger partial charge on any atom is -0.346 e. The topological polar surface area (TPSA) is 40.8 Å². The van der Waals surface area contributed by atoms with Crippen molar-refractivity contribution in [3.8, 4) is 6.07 Å². The van der Waals surface area contributed by atoms with Crippen molar-refractivity contribution in [3.63, 3.8) is 0 Å². The third-order valence-corrected chi connectivity index (χ3v) is 3.47. The number of benzene rings is 1. The molecular formula is C16H21N3. The summed E-state index contributed by atoms with van der Waals surface area (Å²) in [5.41, 5.74) is 1.86. The van der Waals surface area contributed by atoms with Gasteiger partial charge in [0.05, 0.1) is 11.6 Å². The summed E-state index contributed by atoms with van der Waals surface area (Å²) in [6, 6.07) is 10.7. The molecule has 0 amide bonds. The molecule has 0 bridgehead atoms. The monoisotopic (exact) mass is 255 g/mol. The van der Waals surface area contributed by atoms with E-state index in [9.17, 15) is 0 Å². The molecule has 0 saturated carbocycles. The summed E-state index contributed by atoms with van der Waals surface area (Å²) in [6.45, 7) is 6.33. The molecular weight excluding hydrogens is 234 g/mol. The number of fused-ring (bicyclic) bond motifs is 1. The van der Waals surface area contributed by atoms with Crippen LogP contribution in [0.1, 0.15) is 32.3 Å².